The van der Waals surface area contributed by atoms with Gasteiger partial charge in [-0.3, -0.25) is 4.68 Å². The lowest BCUT2D eigenvalue weighted by atomic mass is 10.1. The van der Waals surface area contributed by atoms with Gasteiger partial charge in [0.05, 0.1) is 24.5 Å². The number of fused-ring (bicyclic) bond motifs is 1. The van der Waals surface area contributed by atoms with Crippen molar-refractivity contribution in [1.29, 1.82) is 0 Å². The summed E-state index contributed by atoms with van der Waals surface area (Å²) in [5, 5.41) is 13.9. The first kappa shape index (κ1) is 13.3. The van der Waals surface area contributed by atoms with Crippen LogP contribution in [0.5, 0.6) is 0 Å². The van der Waals surface area contributed by atoms with Crippen LogP contribution in [0.1, 0.15) is 25.0 Å². The lowest BCUT2D eigenvalue weighted by Crippen LogP contribution is -2.04. The Morgan fingerprint density at radius 2 is 1.79 bits per heavy atom. The number of aromatic nitrogens is 5. The van der Waals surface area contributed by atoms with Gasteiger partial charge < -0.3 is 0 Å². The number of rotatable bonds is 2. The molecular weight excluding hydrogens is 238 g/mol. The van der Waals surface area contributed by atoms with E-state index in [1.165, 1.54) is 5.56 Å². The Kier molecular flexibility index (Phi) is 3.94. The molecule has 0 amide bonds. The van der Waals surface area contributed by atoms with E-state index in [0.29, 0.717) is 6.54 Å². The van der Waals surface area contributed by atoms with Crippen LogP contribution in [0.2, 0.25) is 0 Å². The standard InChI is InChI=1S/C12H13N5.C2H6/c1-9-5-10-7-16(2)15-12(10)11(6-9)8-17-13-3-4-14-17;1-2/h3-7H,8H2,1-2H3;1-2H3. The maximum absolute atomic E-state index is 4.48. The summed E-state index contributed by atoms with van der Waals surface area (Å²) in [6.45, 7) is 6.74. The zero-order chi connectivity index (χ0) is 13.8. The highest BCUT2D eigenvalue weighted by Crippen LogP contribution is 2.19. The molecule has 0 aliphatic heterocycles. The lowest BCUT2D eigenvalue weighted by Gasteiger charge is -2.03. The first-order valence-electron chi connectivity index (χ1n) is 6.49. The SMILES string of the molecule is CC.Cc1cc(Cn2nccn2)c2nn(C)cc2c1. The van der Waals surface area contributed by atoms with E-state index >= 15 is 0 Å². The van der Waals surface area contributed by atoms with Gasteiger partial charge in [0.15, 0.2) is 0 Å². The summed E-state index contributed by atoms with van der Waals surface area (Å²) in [6.07, 6.45) is 5.40. The summed E-state index contributed by atoms with van der Waals surface area (Å²) in [5.41, 5.74) is 3.40. The van der Waals surface area contributed by atoms with Crippen LogP contribution in [-0.2, 0) is 13.6 Å². The number of hydrogen-bond donors (Lipinski definition) is 0. The molecule has 0 bridgehead atoms. The van der Waals surface area contributed by atoms with Gasteiger partial charge >= 0.3 is 0 Å². The zero-order valence-corrected chi connectivity index (χ0v) is 11.8. The van der Waals surface area contributed by atoms with E-state index in [4.69, 9.17) is 0 Å². The Morgan fingerprint density at radius 3 is 2.47 bits per heavy atom. The molecule has 0 radical (unpaired) electrons. The van der Waals surface area contributed by atoms with Gasteiger partial charge in [-0.2, -0.15) is 20.1 Å². The van der Waals surface area contributed by atoms with Crippen LogP contribution in [0.4, 0.5) is 0 Å². The van der Waals surface area contributed by atoms with Crippen LogP contribution in [0.25, 0.3) is 10.9 Å². The normalized spacial score (nSPS) is 10.3. The number of benzene rings is 1. The third-order valence-corrected chi connectivity index (χ3v) is 2.72. The second kappa shape index (κ2) is 5.65. The summed E-state index contributed by atoms with van der Waals surface area (Å²) >= 11 is 0. The van der Waals surface area contributed by atoms with Crippen molar-refractivity contribution in [2.24, 2.45) is 7.05 Å². The number of nitrogens with zero attached hydrogens (tertiary/aromatic N) is 5. The molecule has 0 fully saturated rings. The summed E-state index contributed by atoms with van der Waals surface area (Å²) in [6, 6.07) is 4.28. The average molecular weight is 257 g/mol. The second-order valence-electron chi connectivity index (χ2n) is 4.22. The Balaban J connectivity index is 0.000000637. The maximum atomic E-state index is 4.48. The van der Waals surface area contributed by atoms with E-state index in [1.807, 2.05) is 31.8 Å². The van der Waals surface area contributed by atoms with Gasteiger partial charge in [0.25, 0.3) is 0 Å². The minimum atomic E-state index is 0.655. The highest BCUT2D eigenvalue weighted by Gasteiger charge is 2.07. The molecule has 0 aliphatic carbocycles. The summed E-state index contributed by atoms with van der Waals surface area (Å²) in [7, 11) is 1.94. The molecule has 3 aromatic rings. The lowest BCUT2D eigenvalue weighted by molar-refractivity contribution is 0.592. The molecule has 5 nitrogen and oxygen atoms in total. The molecular formula is C14H19N5. The van der Waals surface area contributed by atoms with Crippen molar-refractivity contribution in [3.63, 3.8) is 0 Å². The van der Waals surface area contributed by atoms with E-state index in [-0.39, 0.29) is 0 Å². The van der Waals surface area contributed by atoms with Gasteiger partial charge in [-0.25, -0.2) is 0 Å². The fraction of sp³-hybridized carbons (Fsp3) is 0.357. The second-order valence-corrected chi connectivity index (χ2v) is 4.22. The molecule has 0 N–H and O–H groups in total. The van der Waals surface area contributed by atoms with Crippen LogP contribution in [0, 0.1) is 6.92 Å². The van der Waals surface area contributed by atoms with Crippen molar-refractivity contribution in [1.82, 2.24) is 24.8 Å². The fourth-order valence-electron chi connectivity index (χ4n) is 2.09. The molecule has 0 spiro atoms. The Hall–Kier alpha value is -2.17. The molecule has 2 heterocycles. The molecule has 0 unspecified atom stereocenters. The van der Waals surface area contributed by atoms with Gasteiger partial charge in [0.1, 0.15) is 0 Å². The minimum Gasteiger partial charge on any atom is -0.275 e. The van der Waals surface area contributed by atoms with Gasteiger partial charge in [-0.15, -0.1) is 0 Å². The van der Waals surface area contributed by atoms with E-state index in [0.717, 1.165) is 16.5 Å². The van der Waals surface area contributed by atoms with Crippen LogP contribution < -0.4 is 0 Å². The Morgan fingerprint density at radius 1 is 1.11 bits per heavy atom. The molecule has 3 rings (SSSR count). The molecule has 2 aromatic heterocycles. The summed E-state index contributed by atoms with van der Waals surface area (Å²) in [5.74, 6) is 0. The quantitative estimate of drug-likeness (QED) is 0.709. The Labute approximate surface area is 112 Å². The van der Waals surface area contributed by atoms with Crippen molar-refractivity contribution in [3.05, 3.63) is 41.9 Å². The van der Waals surface area contributed by atoms with Crippen LogP contribution in [0.3, 0.4) is 0 Å². The van der Waals surface area contributed by atoms with Crippen LogP contribution in [-0.4, -0.2) is 24.8 Å². The molecule has 0 saturated heterocycles. The van der Waals surface area contributed by atoms with E-state index < -0.39 is 0 Å². The molecule has 0 atom stereocenters. The van der Waals surface area contributed by atoms with Crippen molar-refractivity contribution < 1.29 is 0 Å². The van der Waals surface area contributed by atoms with Gasteiger partial charge in [0.2, 0.25) is 0 Å². The van der Waals surface area contributed by atoms with Crippen molar-refractivity contribution in [3.8, 4) is 0 Å². The smallest absolute Gasteiger partial charge is 0.0974 e. The highest BCUT2D eigenvalue weighted by molar-refractivity contribution is 5.82. The predicted octanol–water partition coefficient (Wildman–Crippen LogP) is 2.55. The maximum Gasteiger partial charge on any atom is 0.0974 e. The van der Waals surface area contributed by atoms with Crippen molar-refractivity contribution >= 4 is 10.9 Å². The first-order valence-corrected chi connectivity index (χ1v) is 6.49. The van der Waals surface area contributed by atoms with E-state index in [2.05, 4.69) is 34.4 Å². The topological polar surface area (TPSA) is 48.5 Å². The molecule has 0 saturated carbocycles. The Bertz CT molecular complexity index is 652. The van der Waals surface area contributed by atoms with Crippen molar-refractivity contribution in [2.75, 3.05) is 0 Å². The molecule has 100 valence electrons. The molecule has 0 aliphatic rings. The van der Waals surface area contributed by atoms with Gasteiger partial charge in [0, 0.05) is 24.2 Å². The molecule has 5 heteroatoms. The van der Waals surface area contributed by atoms with Crippen LogP contribution >= 0.6 is 0 Å². The van der Waals surface area contributed by atoms with E-state index in [1.54, 1.807) is 17.2 Å². The summed E-state index contributed by atoms with van der Waals surface area (Å²) < 4.78 is 1.84. The molecule has 1 aromatic carbocycles. The van der Waals surface area contributed by atoms with Crippen molar-refractivity contribution in [2.45, 2.75) is 27.3 Å². The zero-order valence-electron chi connectivity index (χ0n) is 11.8. The fourth-order valence-corrected chi connectivity index (χ4v) is 2.09. The van der Waals surface area contributed by atoms with Gasteiger partial charge in [-0.05, 0) is 18.6 Å². The third kappa shape index (κ3) is 2.81. The monoisotopic (exact) mass is 257 g/mol. The summed E-state index contributed by atoms with van der Waals surface area (Å²) in [4.78, 5) is 1.67. The number of hydrogen-bond acceptors (Lipinski definition) is 3. The minimum absolute atomic E-state index is 0.655. The largest absolute Gasteiger partial charge is 0.275 e. The predicted molar refractivity (Wildman–Crippen MR) is 75.9 cm³/mol. The highest BCUT2D eigenvalue weighted by atomic mass is 15.5. The third-order valence-electron chi connectivity index (χ3n) is 2.72. The average Bonchev–Trinajstić information content (AvgIpc) is 3.00. The van der Waals surface area contributed by atoms with E-state index in [9.17, 15) is 0 Å². The van der Waals surface area contributed by atoms with Gasteiger partial charge in [-0.1, -0.05) is 19.9 Å². The van der Waals surface area contributed by atoms with Crippen LogP contribution in [0.15, 0.2) is 30.7 Å². The number of aryl methyl sites for hydroxylation is 2. The molecule has 19 heavy (non-hydrogen) atoms. The first-order chi connectivity index (χ1) is 9.22.